The highest BCUT2D eigenvalue weighted by Crippen LogP contribution is 2.14. The lowest BCUT2D eigenvalue weighted by Crippen LogP contribution is -2.46. The normalized spacial score (nSPS) is 11.8. The summed E-state index contributed by atoms with van der Waals surface area (Å²) >= 11 is 4.65. The number of hydrogen-bond donors (Lipinski definition) is 1. The van der Waals surface area contributed by atoms with Crippen molar-refractivity contribution in [3.05, 3.63) is 0 Å². The molecule has 0 fully saturated rings. The summed E-state index contributed by atoms with van der Waals surface area (Å²) in [5, 5.41) is 1.14. The Labute approximate surface area is 165 Å². The SMILES string of the molecule is CCCCCCCCCCCCCCCCC[N+](C)(C)C(S)=[N+](C)C. The van der Waals surface area contributed by atoms with E-state index in [-0.39, 0.29) is 0 Å². The van der Waals surface area contributed by atoms with E-state index in [4.69, 9.17) is 0 Å². The van der Waals surface area contributed by atoms with Crippen molar-refractivity contribution in [2.45, 2.75) is 103 Å². The molecule has 0 aliphatic heterocycles. The molecule has 0 aromatic rings. The molecule has 0 atom stereocenters. The molecule has 0 rings (SSSR count). The van der Waals surface area contributed by atoms with Gasteiger partial charge in [-0.05, 0) is 25.5 Å². The smallest absolute Gasteiger partial charge is 0.235 e. The van der Waals surface area contributed by atoms with E-state index < -0.39 is 0 Å². The van der Waals surface area contributed by atoms with Gasteiger partial charge in [0.1, 0.15) is 14.1 Å². The first-order chi connectivity index (χ1) is 11.9. The molecule has 0 aliphatic carbocycles. The Bertz CT molecular complexity index is 333. The summed E-state index contributed by atoms with van der Waals surface area (Å²) in [6, 6.07) is 0. The van der Waals surface area contributed by atoms with Crippen molar-refractivity contribution in [2.24, 2.45) is 0 Å². The highest BCUT2D eigenvalue weighted by molar-refractivity contribution is 7.96. The predicted octanol–water partition coefficient (Wildman–Crippen LogP) is 6.49. The molecule has 0 aliphatic rings. The predicted molar refractivity (Wildman–Crippen MR) is 118 cm³/mol. The summed E-state index contributed by atoms with van der Waals surface area (Å²) in [7, 11) is 8.67. The third-order valence-corrected chi connectivity index (χ3v) is 6.20. The molecule has 0 N–H and O–H groups in total. The fourth-order valence-electron chi connectivity index (χ4n) is 3.52. The number of hydrogen-bond acceptors (Lipinski definition) is 0. The van der Waals surface area contributed by atoms with Crippen LogP contribution in [0, 0.1) is 0 Å². The van der Waals surface area contributed by atoms with Crippen molar-refractivity contribution in [1.82, 2.24) is 0 Å². The molecule has 0 saturated heterocycles. The van der Waals surface area contributed by atoms with E-state index in [9.17, 15) is 0 Å². The average molecular weight is 373 g/mol. The van der Waals surface area contributed by atoms with Crippen molar-refractivity contribution >= 4 is 17.8 Å². The molecule has 0 radical (unpaired) electrons. The molecule has 150 valence electrons. The molecule has 0 aromatic heterocycles. The molecule has 0 saturated carbocycles. The Morgan fingerprint density at radius 1 is 0.640 bits per heavy atom. The van der Waals surface area contributed by atoms with Gasteiger partial charge in [-0.2, -0.15) is 4.58 Å². The van der Waals surface area contributed by atoms with Gasteiger partial charge in [-0.3, -0.25) is 0 Å². The number of rotatable bonds is 16. The topological polar surface area (TPSA) is 3.01 Å². The maximum Gasteiger partial charge on any atom is 0.396 e. The molecule has 0 aromatic carbocycles. The summed E-state index contributed by atoms with van der Waals surface area (Å²) in [5.74, 6) is 0. The van der Waals surface area contributed by atoms with Crippen LogP contribution in [-0.4, -0.2) is 49.0 Å². The minimum absolute atomic E-state index is 0.897. The van der Waals surface area contributed by atoms with Gasteiger partial charge >= 0.3 is 5.17 Å². The van der Waals surface area contributed by atoms with Gasteiger partial charge < -0.3 is 0 Å². The second-order valence-electron chi connectivity index (χ2n) is 8.55. The molecule has 25 heavy (non-hydrogen) atoms. The molecule has 0 heterocycles. The van der Waals surface area contributed by atoms with Crippen molar-refractivity contribution in [3.8, 4) is 0 Å². The highest BCUT2D eigenvalue weighted by atomic mass is 32.1. The molecule has 0 spiro atoms. The second-order valence-corrected chi connectivity index (χ2v) is 8.95. The summed E-state index contributed by atoms with van der Waals surface area (Å²) in [5.41, 5.74) is 0. The van der Waals surface area contributed by atoms with Gasteiger partial charge in [-0.1, -0.05) is 90.4 Å². The fourth-order valence-corrected chi connectivity index (χ4v) is 3.62. The lowest BCUT2D eigenvalue weighted by atomic mass is 10.0. The summed E-state index contributed by atoms with van der Waals surface area (Å²) < 4.78 is 3.02. The van der Waals surface area contributed by atoms with Crippen LogP contribution in [0.15, 0.2) is 0 Å². The number of nitrogens with zero attached hydrogens (tertiary/aromatic N) is 2. The van der Waals surface area contributed by atoms with Gasteiger partial charge in [0.25, 0.3) is 0 Å². The van der Waals surface area contributed by atoms with Crippen LogP contribution in [0.1, 0.15) is 103 Å². The van der Waals surface area contributed by atoms with Crippen LogP contribution in [0.4, 0.5) is 0 Å². The van der Waals surface area contributed by atoms with E-state index in [1.165, 1.54) is 103 Å². The van der Waals surface area contributed by atoms with E-state index in [0.717, 1.165) is 9.65 Å². The third kappa shape index (κ3) is 14.8. The van der Waals surface area contributed by atoms with Crippen molar-refractivity contribution in [2.75, 3.05) is 34.7 Å². The largest absolute Gasteiger partial charge is 0.396 e. The first-order valence-corrected chi connectivity index (χ1v) is 11.4. The van der Waals surface area contributed by atoms with E-state index in [2.05, 4.69) is 52.3 Å². The van der Waals surface area contributed by atoms with Crippen molar-refractivity contribution < 1.29 is 9.06 Å². The van der Waals surface area contributed by atoms with Crippen molar-refractivity contribution in [3.63, 3.8) is 0 Å². The summed E-state index contributed by atoms with van der Waals surface area (Å²) in [6.07, 6.45) is 21.4. The van der Waals surface area contributed by atoms with Gasteiger partial charge in [0.2, 0.25) is 0 Å². The highest BCUT2D eigenvalue weighted by Gasteiger charge is 2.26. The quantitative estimate of drug-likeness (QED) is 0.0787. The molecule has 0 unspecified atom stereocenters. The lowest BCUT2D eigenvalue weighted by Gasteiger charge is -2.24. The molecule has 2 nitrogen and oxygen atoms in total. The van der Waals surface area contributed by atoms with Crippen LogP contribution >= 0.6 is 12.6 Å². The number of thiol groups is 1. The van der Waals surface area contributed by atoms with E-state index in [1.807, 2.05) is 0 Å². The fraction of sp³-hybridized carbons (Fsp3) is 0.955. The zero-order chi connectivity index (χ0) is 19.0. The molecule has 0 amide bonds. The Morgan fingerprint density at radius 3 is 1.28 bits per heavy atom. The molecular formula is C22H48N2S+2. The maximum absolute atomic E-state index is 4.65. The van der Waals surface area contributed by atoms with Crippen LogP contribution in [0.25, 0.3) is 0 Å². The standard InChI is InChI=1S/C22H47N2S/c1-6-7-8-9-10-11-12-13-14-15-16-17-18-19-20-21-24(4,5)22(25)23(2)3/h6-21H2,1-5H3/q+1/p+1. The first kappa shape index (κ1) is 25.0. The number of unbranched alkanes of at least 4 members (excludes halogenated alkanes) is 14. The van der Waals surface area contributed by atoms with Gasteiger partial charge in [-0.25, -0.2) is 4.48 Å². The first-order valence-electron chi connectivity index (χ1n) is 11.0. The average Bonchev–Trinajstić information content (AvgIpc) is 2.57. The van der Waals surface area contributed by atoms with Gasteiger partial charge in [0.05, 0.1) is 20.6 Å². The Morgan fingerprint density at radius 2 is 0.960 bits per heavy atom. The number of amidine groups is 1. The molecule has 0 bridgehead atoms. The van der Waals surface area contributed by atoms with E-state index in [0.29, 0.717) is 0 Å². The van der Waals surface area contributed by atoms with Gasteiger partial charge in [0, 0.05) is 0 Å². The minimum atomic E-state index is 0.897. The van der Waals surface area contributed by atoms with E-state index >= 15 is 0 Å². The zero-order valence-corrected chi connectivity index (χ0v) is 19.0. The van der Waals surface area contributed by atoms with Crippen LogP contribution < -0.4 is 0 Å². The maximum atomic E-state index is 4.65. The molecular weight excluding hydrogens is 324 g/mol. The van der Waals surface area contributed by atoms with Gasteiger partial charge in [-0.15, -0.1) is 0 Å². The Kier molecular flexibility index (Phi) is 16.2. The van der Waals surface area contributed by atoms with Crippen LogP contribution in [0.2, 0.25) is 0 Å². The lowest BCUT2D eigenvalue weighted by molar-refractivity contribution is -0.818. The Hall–Kier alpha value is -0.0200. The zero-order valence-electron chi connectivity index (χ0n) is 18.2. The summed E-state index contributed by atoms with van der Waals surface area (Å²) in [6.45, 7) is 3.48. The minimum Gasteiger partial charge on any atom is -0.235 e. The van der Waals surface area contributed by atoms with E-state index in [1.54, 1.807) is 0 Å². The summed E-state index contributed by atoms with van der Waals surface area (Å²) in [4.78, 5) is 0. The van der Waals surface area contributed by atoms with Crippen LogP contribution in [-0.2, 0) is 0 Å². The van der Waals surface area contributed by atoms with Crippen molar-refractivity contribution in [1.29, 1.82) is 0 Å². The number of quaternary nitrogens is 1. The van der Waals surface area contributed by atoms with Gasteiger partial charge in [0.15, 0.2) is 0 Å². The second kappa shape index (κ2) is 16.2. The Balaban J connectivity index is 3.33. The van der Waals surface area contributed by atoms with Crippen LogP contribution in [0.5, 0.6) is 0 Å². The monoisotopic (exact) mass is 372 g/mol. The third-order valence-electron chi connectivity index (χ3n) is 5.26. The molecule has 3 heteroatoms. The van der Waals surface area contributed by atoms with Crippen LogP contribution in [0.3, 0.4) is 0 Å².